The highest BCUT2D eigenvalue weighted by atomic mass is 16.3. The van der Waals surface area contributed by atoms with Crippen LogP contribution < -0.4 is 10.6 Å². The summed E-state index contributed by atoms with van der Waals surface area (Å²) in [4.78, 5) is 0. The van der Waals surface area contributed by atoms with Crippen LogP contribution >= 0.6 is 0 Å². The minimum absolute atomic E-state index is 0.0430. The Kier molecular flexibility index (Phi) is 5.60. The summed E-state index contributed by atoms with van der Waals surface area (Å²) in [5.74, 6) is 0.245. The van der Waals surface area contributed by atoms with E-state index in [0.29, 0.717) is 13.1 Å². The van der Waals surface area contributed by atoms with Gasteiger partial charge in [-0.2, -0.15) is 0 Å². The zero-order valence-corrected chi connectivity index (χ0v) is 12.2. The molecule has 0 aliphatic rings. The number of phenolic OH excluding ortho intramolecular Hbond substituents is 1. The van der Waals surface area contributed by atoms with Crippen LogP contribution in [0, 0.1) is 0 Å². The fraction of sp³-hybridized carbons (Fsp3) is 0.294. The molecule has 0 fully saturated rings. The quantitative estimate of drug-likeness (QED) is 0.466. The van der Waals surface area contributed by atoms with Crippen LogP contribution in [0.4, 0.5) is 5.69 Å². The third kappa shape index (κ3) is 4.48. The summed E-state index contributed by atoms with van der Waals surface area (Å²) in [6.07, 6.45) is -0.531. The molecule has 0 heterocycles. The van der Waals surface area contributed by atoms with Crippen LogP contribution in [-0.4, -0.2) is 29.3 Å². The Labute approximate surface area is 125 Å². The number of nitrogens with one attached hydrogen (secondary N) is 2. The van der Waals surface area contributed by atoms with Crippen LogP contribution in [0.1, 0.15) is 18.6 Å². The average Bonchev–Trinajstić information content (AvgIpc) is 2.53. The van der Waals surface area contributed by atoms with Crippen LogP contribution in [-0.2, 0) is 0 Å². The lowest BCUT2D eigenvalue weighted by Crippen LogP contribution is -2.35. The van der Waals surface area contributed by atoms with Gasteiger partial charge in [-0.3, -0.25) is 0 Å². The Morgan fingerprint density at radius 1 is 0.952 bits per heavy atom. The van der Waals surface area contributed by atoms with E-state index < -0.39 is 6.10 Å². The molecule has 0 spiro atoms. The highest BCUT2D eigenvalue weighted by Crippen LogP contribution is 2.21. The van der Waals surface area contributed by atoms with Gasteiger partial charge in [-0.1, -0.05) is 42.5 Å². The van der Waals surface area contributed by atoms with Gasteiger partial charge < -0.3 is 20.8 Å². The third-order valence-corrected chi connectivity index (χ3v) is 3.43. The number of benzene rings is 2. The maximum absolute atomic E-state index is 10.2. The third-order valence-electron chi connectivity index (χ3n) is 3.43. The van der Waals surface area contributed by atoms with Gasteiger partial charge in [0.05, 0.1) is 11.8 Å². The van der Waals surface area contributed by atoms with Gasteiger partial charge in [0.1, 0.15) is 5.75 Å². The molecule has 112 valence electrons. The summed E-state index contributed by atoms with van der Waals surface area (Å²) in [6.45, 7) is 3.32. The number of phenols is 1. The first-order valence-electron chi connectivity index (χ1n) is 7.16. The Morgan fingerprint density at radius 3 is 2.33 bits per heavy atom. The Balaban J connectivity index is 1.75. The molecule has 4 N–H and O–H groups in total. The van der Waals surface area contributed by atoms with Crippen molar-refractivity contribution in [1.29, 1.82) is 0 Å². The number of anilines is 1. The summed E-state index contributed by atoms with van der Waals surface area (Å²) in [5.41, 5.74) is 1.63. The molecular formula is C17H22N2O2. The molecule has 0 unspecified atom stereocenters. The van der Waals surface area contributed by atoms with Gasteiger partial charge >= 0.3 is 0 Å². The van der Waals surface area contributed by atoms with Crippen molar-refractivity contribution in [3.8, 4) is 5.75 Å². The van der Waals surface area contributed by atoms with Crippen LogP contribution in [0.15, 0.2) is 54.6 Å². The van der Waals surface area contributed by atoms with Crippen molar-refractivity contribution in [3.63, 3.8) is 0 Å². The summed E-state index contributed by atoms with van der Waals surface area (Å²) < 4.78 is 0. The SMILES string of the molecule is C[C@H](NCCNc1ccccc1O)[C@H](O)c1ccccc1. The molecule has 2 rings (SSSR count). The lowest BCUT2D eigenvalue weighted by atomic mass is 10.0. The summed E-state index contributed by atoms with van der Waals surface area (Å²) >= 11 is 0. The first kappa shape index (κ1) is 15.4. The predicted molar refractivity (Wildman–Crippen MR) is 85.5 cm³/mol. The second-order valence-corrected chi connectivity index (χ2v) is 5.04. The largest absolute Gasteiger partial charge is 0.506 e. The van der Waals surface area contributed by atoms with E-state index in [1.807, 2.05) is 49.4 Å². The number of hydrogen-bond donors (Lipinski definition) is 4. The molecule has 2 atom stereocenters. The number of hydrogen-bond acceptors (Lipinski definition) is 4. The smallest absolute Gasteiger partial charge is 0.138 e. The van der Waals surface area contributed by atoms with E-state index >= 15 is 0 Å². The summed E-state index contributed by atoms with van der Waals surface area (Å²) in [5, 5.41) is 26.3. The van der Waals surface area contributed by atoms with E-state index in [-0.39, 0.29) is 11.8 Å². The van der Waals surface area contributed by atoms with Crippen LogP contribution in [0.3, 0.4) is 0 Å². The second-order valence-electron chi connectivity index (χ2n) is 5.04. The van der Waals surface area contributed by atoms with E-state index in [0.717, 1.165) is 11.3 Å². The first-order valence-corrected chi connectivity index (χ1v) is 7.16. The number of para-hydroxylation sites is 2. The molecule has 4 heteroatoms. The molecule has 0 amide bonds. The molecule has 0 aliphatic carbocycles. The lowest BCUT2D eigenvalue weighted by Gasteiger charge is -2.21. The second kappa shape index (κ2) is 7.67. The van der Waals surface area contributed by atoms with Gasteiger partial charge in [0.15, 0.2) is 0 Å². The Hall–Kier alpha value is -2.04. The van der Waals surface area contributed by atoms with Crippen LogP contribution in [0.25, 0.3) is 0 Å². The minimum atomic E-state index is -0.531. The average molecular weight is 286 g/mol. The number of rotatable bonds is 7. The molecule has 2 aromatic carbocycles. The van der Waals surface area contributed by atoms with Crippen molar-refractivity contribution in [2.24, 2.45) is 0 Å². The van der Waals surface area contributed by atoms with Gasteiger partial charge in [-0.25, -0.2) is 0 Å². The van der Waals surface area contributed by atoms with Crippen molar-refractivity contribution < 1.29 is 10.2 Å². The molecule has 0 saturated carbocycles. The highest BCUT2D eigenvalue weighted by Gasteiger charge is 2.14. The molecule has 4 nitrogen and oxygen atoms in total. The Bertz CT molecular complexity index is 545. The van der Waals surface area contributed by atoms with E-state index in [9.17, 15) is 10.2 Å². The lowest BCUT2D eigenvalue weighted by molar-refractivity contribution is 0.137. The molecule has 0 aliphatic heterocycles. The fourth-order valence-corrected chi connectivity index (χ4v) is 2.17. The minimum Gasteiger partial charge on any atom is -0.506 e. The van der Waals surface area contributed by atoms with Crippen molar-refractivity contribution in [2.45, 2.75) is 19.1 Å². The number of aliphatic hydroxyl groups is 1. The topological polar surface area (TPSA) is 64.5 Å². The molecule has 2 aromatic rings. The number of aromatic hydroxyl groups is 1. The molecule has 0 aromatic heterocycles. The van der Waals surface area contributed by atoms with E-state index in [2.05, 4.69) is 10.6 Å². The summed E-state index contributed by atoms with van der Waals surface area (Å²) in [6, 6.07) is 16.7. The van der Waals surface area contributed by atoms with Crippen LogP contribution in [0.5, 0.6) is 5.75 Å². The number of aliphatic hydroxyl groups excluding tert-OH is 1. The molecule has 0 radical (unpaired) electrons. The van der Waals surface area contributed by atoms with E-state index in [1.165, 1.54) is 0 Å². The fourth-order valence-electron chi connectivity index (χ4n) is 2.17. The normalized spacial score (nSPS) is 13.6. The highest BCUT2D eigenvalue weighted by molar-refractivity contribution is 5.55. The predicted octanol–water partition coefficient (Wildman–Crippen LogP) is 2.52. The standard InChI is InChI=1S/C17H22N2O2/c1-13(17(21)14-7-3-2-4-8-14)18-11-12-19-15-9-5-6-10-16(15)20/h2-10,13,17-21H,11-12H2,1H3/t13-,17-/m0/s1. The van der Waals surface area contributed by atoms with Crippen molar-refractivity contribution in [3.05, 3.63) is 60.2 Å². The van der Waals surface area contributed by atoms with Gasteiger partial charge in [-0.15, -0.1) is 0 Å². The van der Waals surface area contributed by atoms with Gasteiger partial charge in [0.25, 0.3) is 0 Å². The maximum atomic E-state index is 10.2. The van der Waals surface area contributed by atoms with Crippen molar-refractivity contribution in [1.82, 2.24) is 5.32 Å². The zero-order chi connectivity index (χ0) is 15.1. The maximum Gasteiger partial charge on any atom is 0.138 e. The van der Waals surface area contributed by atoms with Crippen molar-refractivity contribution >= 4 is 5.69 Å². The van der Waals surface area contributed by atoms with E-state index in [1.54, 1.807) is 12.1 Å². The monoisotopic (exact) mass is 286 g/mol. The Morgan fingerprint density at radius 2 is 1.62 bits per heavy atom. The van der Waals surface area contributed by atoms with Gasteiger partial charge in [0, 0.05) is 19.1 Å². The van der Waals surface area contributed by atoms with Crippen LogP contribution in [0.2, 0.25) is 0 Å². The van der Waals surface area contributed by atoms with E-state index in [4.69, 9.17) is 0 Å². The van der Waals surface area contributed by atoms with Gasteiger partial charge in [-0.05, 0) is 24.6 Å². The zero-order valence-electron chi connectivity index (χ0n) is 12.2. The summed E-state index contributed by atoms with van der Waals surface area (Å²) in [7, 11) is 0. The first-order chi connectivity index (χ1) is 10.2. The molecule has 21 heavy (non-hydrogen) atoms. The molecular weight excluding hydrogens is 264 g/mol. The molecule has 0 saturated heterocycles. The van der Waals surface area contributed by atoms with Gasteiger partial charge in [0.2, 0.25) is 0 Å². The molecule has 0 bridgehead atoms. The van der Waals surface area contributed by atoms with Crippen molar-refractivity contribution in [2.75, 3.05) is 18.4 Å².